The van der Waals surface area contributed by atoms with Crippen molar-refractivity contribution in [2.24, 2.45) is 5.92 Å². The van der Waals surface area contributed by atoms with Crippen LogP contribution >= 0.6 is 11.6 Å². The predicted octanol–water partition coefficient (Wildman–Crippen LogP) is 5.23. The van der Waals surface area contributed by atoms with E-state index in [1.807, 2.05) is 42.5 Å². The molecule has 0 unspecified atom stereocenters. The maximum atomic E-state index is 13.1. The molecule has 1 heterocycles. The Hall–Kier alpha value is -2.06. The number of nitrogens with zero attached hydrogens (tertiary/aromatic N) is 1. The molecule has 0 saturated carbocycles. The molecule has 0 fully saturated rings. The number of rotatable bonds is 4. The fraction of sp³-hybridized carbons (Fsp3) is 0.250. The van der Waals surface area contributed by atoms with Crippen LogP contribution < -0.4 is 5.56 Å². The van der Waals surface area contributed by atoms with Crippen molar-refractivity contribution in [3.8, 4) is 5.69 Å². The minimum absolute atomic E-state index is 0.0435. The molecule has 0 spiro atoms. The Balaban J connectivity index is 2.29. The van der Waals surface area contributed by atoms with Crippen LogP contribution in [0.3, 0.4) is 0 Å². The summed E-state index contributed by atoms with van der Waals surface area (Å²) in [4.78, 5) is 13.1. The van der Waals surface area contributed by atoms with Gasteiger partial charge in [0.15, 0.2) is 0 Å². The molecule has 3 aromatic rings. The lowest BCUT2D eigenvalue weighted by atomic mass is 10.0. The molecule has 23 heavy (non-hydrogen) atoms. The van der Waals surface area contributed by atoms with Crippen LogP contribution in [0.1, 0.15) is 26.0 Å². The van der Waals surface area contributed by atoms with E-state index in [1.54, 1.807) is 10.6 Å². The smallest absolute Gasteiger partial charge is 0.264 e. The summed E-state index contributed by atoms with van der Waals surface area (Å²) in [5, 5.41) is 2.01. The van der Waals surface area contributed by atoms with E-state index in [9.17, 15) is 4.79 Å². The third kappa shape index (κ3) is 3.18. The molecule has 0 amide bonds. The van der Waals surface area contributed by atoms with Gasteiger partial charge in [0.25, 0.3) is 5.56 Å². The first-order valence-corrected chi connectivity index (χ1v) is 8.34. The maximum absolute atomic E-state index is 13.1. The van der Waals surface area contributed by atoms with Crippen molar-refractivity contribution in [3.05, 3.63) is 75.7 Å². The van der Waals surface area contributed by atoms with Gasteiger partial charge < -0.3 is 0 Å². The minimum Gasteiger partial charge on any atom is -0.281 e. The molecule has 0 aliphatic heterocycles. The second-order valence-corrected chi connectivity index (χ2v) is 6.66. The van der Waals surface area contributed by atoms with E-state index in [1.165, 1.54) is 0 Å². The molecule has 2 nitrogen and oxygen atoms in total. The Morgan fingerprint density at radius 2 is 1.78 bits per heavy atom. The molecule has 3 rings (SSSR count). The van der Waals surface area contributed by atoms with Crippen molar-refractivity contribution >= 4 is 22.4 Å². The Kier molecular flexibility index (Phi) is 4.53. The molecule has 3 heteroatoms. The molecule has 0 radical (unpaired) electrons. The number of para-hydroxylation sites is 1. The standard InChI is InChI=1S/C20H20ClNO/c1-14(2)11-12-17-13-15-7-6-10-18(21)19(15)20(23)22(17)16-8-4-3-5-9-16/h3-10,13-14H,11-12H2,1-2H3. The highest BCUT2D eigenvalue weighted by Crippen LogP contribution is 2.23. The van der Waals surface area contributed by atoms with Gasteiger partial charge >= 0.3 is 0 Å². The van der Waals surface area contributed by atoms with Gasteiger partial charge in [0.2, 0.25) is 0 Å². The molecule has 0 aliphatic rings. The van der Waals surface area contributed by atoms with Crippen LogP contribution in [0.2, 0.25) is 5.02 Å². The number of benzene rings is 2. The summed E-state index contributed by atoms with van der Waals surface area (Å²) in [6.07, 6.45) is 1.91. The fourth-order valence-corrected chi connectivity index (χ4v) is 3.12. The summed E-state index contributed by atoms with van der Waals surface area (Å²) in [6.45, 7) is 4.39. The Morgan fingerprint density at radius 3 is 2.48 bits per heavy atom. The number of aryl methyl sites for hydroxylation is 1. The summed E-state index contributed by atoms with van der Waals surface area (Å²) < 4.78 is 1.80. The van der Waals surface area contributed by atoms with Crippen LogP contribution in [0.4, 0.5) is 0 Å². The SMILES string of the molecule is CC(C)CCc1cc2cccc(Cl)c2c(=O)n1-c1ccccc1. The lowest BCUT2D eigenvalue weighted by Crippen LogP contribution is -2.22. The number of aromatic nitrogens is 1. The first-order chi connectivity index (χ1) is 11.1. The van der Waals surface area contributed by atoms with E-state index in [0.717, 1.165) is 29.6 Å². The van der Waals surface area contributed by atoms with Gasteiger partial charge in [0, 0.05) is 11.4 Å². The van der Waals surface area contributed by atoms with Gasteiger partial charge in [-0.1, -0.05) is 55.8 Å². The molecule has 2 aromatic carbocycles. The van der Waals surface area contributed by atoms with E-state index in [0.29, 0.717) is 16.3 Å². The lowest BCUT2D eigenvalue weighted by molar-refractivity contribution is 0.576. The normalized spacial score (nSPS) is 11.3. The van der Waals surface area contributed by atoms with Gasteiger partial charge in [-0.3, -0.25) is 9.36 Å². The number of fused-ring (bicyclic) bond motifs is 1. The van der Waals surface area contributed by atoms with Crippen LogP contribution in [0.5, 0.6) is 0 Å². The average molecular weight is 326 g/mol. The zero-order valence-corrected chi connectivity index (χ0v) is 14.2. The van der Waals surface area contributed by atoms with Crippen molar-refractivity contribution < 1.29 is 0 Å². The van der Waals surface area contributed by atoms with Crippen LogP contribution in [0, 0.1) is 5.92 Å². The lowest BCUT2D eigenvalue weighted by Gasteiger charge is -2.16. The third-order valence-electron chi connectivity index (χ3n) is 4.06. The van der Waals surface area contributed by atoms with Crippen LogP contribution in [0.15, 0.2) is 59.4 Å². The molecule has 0 N–H and O–H groups in total. The van der Waals surface area contributed by atoms with Crippen molar-refractivity contribution in [2.75, 3.05) is 0 Å². The molecule has 118 valence electrons. The van der Waals surface area contributed by atoms with Crippen molar-refractivity contribution in [1.29, 1.82) is 0 Å². The van der Waals surface area contributed by atoms with Gasteiger partial charge in [-0.25, -0.2) is 0 Å². The van der Waals surface area contributed by atoms with Gasteiger partial charge in [0.1, 0.15) is 0 Å². The first-order valence-electron chi connectivity index (χ1n) is 7.96. The first kappa shape index (κ1) is 15.8. The summed E-state index contributed by atoms with van der Waals surface area (Å²) in [5.74, 6) is 0.587. The highest BCUT2D eigenvalue weighted by atomic mass is 35.5. The highest BCUT2D eigenvalue weighted by molar-refractivity contribution is 6.35. The second-order valence-electron chi connectivity index (χ2n) is 6.25. The second kappa shape index (κ2) is 6.59. The van der Waals surface area contributed by atoms with Gasteiger partial charge in [0.05, 0.1) is 10.4 Å². The van der Waals surface area contributed by atoms with Gasteiger partial charge in [-0.2, -0.15) is 0 Å². The molecule has 0 aliphatic carbocycles. The predicted molar refractivity (Wildman–Crippen MR) is 97.7 cm³/mol. The number of halogens is 1. The Morgan fingerprint density at radius 1 is 1.04 bits per heavy atom. The molecule has 0 bridgehead atoms. The van der Waals surface area contributed by atoms with E-state index in [-0.39, 0.29) is 5.56 Å². The van der Waals surface area contributed by atoms with E-state index in [2.05, 4.69) is 19.9 Å². The number of hydrogen-bond donors (Lipinski definition) is 0. The number of hydrogen-bond acceptors (Lipinski definition) is 1. The Labute approximate surface area is 141 Å². The van der Waals surface area contributed by atoms with Gasteiger partial charge in [-0.05, 0) is 48.4 Å². The topological polar surface area (TPSA) is 22.0 Å². The quantitative estimate of drug-likeness (QED) is 0.643. The summed E-state index contributed by atoms with van der Waals surface area (Å²) in [6, 6.07) is 17.5. The van der Waals surface area contributed by atoms with E-state index in [4.69, 9.17) is 11.6 Å². The van der Waals surface area contributed by atoms with Crippen molar-refractivity contribution in [2.45, 2.75) is 26.7 Å². The molecule has 1 aromatic heterocycles. The number of pyridine rings is 1. The summed E-state index contributed by atoms with van der Waals surface area (Å²) in [5.41, 5.74) is 1.88. The van der Waals surface area contributed by atoms with Crippen LogP contribution in [0.25, 0.3) is 16.5 Å². The van der Waals surface area contributed by atoms with Crippen LogP contribution in [-0.2, 0) is 6.42 Å². The van der Waals surface area contributed by atoms with Crippen molar-refractivity contribution in [1.82, 2.24) is 4.57 Å². The molecule has 0 atom stereocenters. The molecule has 0 saturated heterocycles. The monoisotopic (exact) mass is 325 g/mol. The van der Waals surface area contributed by atoms with Crippen LogP contribution in [-0.4, -0.2) is 4.57 Å². The summed E-state index contributed by atoms with van der Waals surface area (Å²) in [7, 11) is 0. The van der Waals surface area contributed by atoms with E-state index < -0.39 is 0 Å². The summed E-state index contributed by atoms with van der Waals surface area (Å²) >= 11 is 6.29. The maximum Gasteiger partial charge on any atom is 0.264 e. The highest BCUT2D eigenvalue weighted by Gasteiger charge is 2.13. The average Bonchev–Trinajstić information content (AvgIpc) is 2.53. The zero-order chi connectivity index (χ0) is 16.4. The fourth-order valence-electron chi connectivity index (χ4n) is 2.85. The minimum atomic E-state index is -0.0435. The van der Waals surface area contributed by atoms with Gasteiger partial charge in [-0.15, -0.1) is 0 Å². The van der Waals surface area contributed by atoms with E-state index >= 15 is 0 Å². The van der Waals surface area contributed by atoms with Crippen molar-refractivity contribution in [3.63, 3.8) is 0 Å². The Bertz CT molecular complexity index is 881. The molecular formula is C20H20ClNO. The zero-order valence-electron chi connectivity index (χ0n) is 13.4. The largest absolute Gasteiger partial charge is 0.281 e. The third-order valence-corrected chi connectivity index (χ3v) is 4.38. The molecular weight excluding hydrogens is 306 g/mol.